The summed E-state index contributed by atoms with van der Waals surface area (Å²) in [6, 6.07) is 12.6. The van der Waals surface area contributed by atoms with Crippen LogP contribution in [0.4, 0.5) is 33.2 Å². The molecule has 1 heterocycles. The van der Waals surface area contributed by atoms with Crippen LogP contribution >= 0.6 is 0 Å². The Morgan fingerprint density at radius 3 is 2.81 bits per heavy atom. The Labute approximate surface area is 186 Å². The van der Waals surface area contributed by atoms with Crippen LogP contribution < -0.4 is 20.7 Å². The second-order valence-electron chi connectivity index (χ2n) is 5.97. The third kappa shape index (κ3) is 6.51. The molecule has 0 saturated carbocycles. The zero-order valence-corrected chi connectivity index (χ0v) is 16.2. The molecule has 0 spiro atoms. The first-order chi connectivity index (χ1) is 16.9. The van der Waals surface area contributed by atoms with E-state index in [9.17, 15) is 9.18 Å². The number of benzene rings is 2. The summed E-state index contributed by atoms with van der Waals surface area (Å²) in [6.07, 6.45) is 2.11. The highest BCUT2D eigenvalue weighted by Gasteiger charge is 2.09. The highest BCUT2D eigenvalue weighted by Crippen LogP contribution is 2.23. The molecular formula is C22H22FN5O3. The number of nitrogens with one attached hydrogen (secondary N) is 3. The monoisotopic (exact) mass is 428 g/mol. The summed E-state index contributed by atoms with van der Waals surface area (Å²) in [6.45, 7) is 0.239. The van der Waals surface area contributed by atoms with Gasteiger partial charge in [0.25, 0.3) is 0 Å². The third-order valence-electron chi connectivity index (χ3n) is 3.75. The fourth-order valence-electron chi connectivity index (χ4n) is 2.40. The number of hydrogen-bond acceptors (Lipinski definition) is 7. The van der Waals surface area contributed by atoms with Crippen LogP contribution in [0.2, 0.25) is 0 Å². The van der Waals surface area contributed by atoms with E-state index < -0.39 is 26.0 Å². The molecule has 0 fully saturated rings. The first-order valence-corrected chi connectivity index (χ1v) is 8.96. The van der Waals surface area contributed by atoms with Crippen molar-refractivity contribution in [3.8, 4) is 5.75 Å². The molecule has 3 rings (SSSR count). The molecular weight excluding hydrogens is 401 g/mol. The molecule has 2 aromatic carbocycles. The number of aromatic nitrogens is 2. The normalized spacial score (nSPS) is 13.5. The van der Waals surface area contributed by atoms with Gasteiger partial charge >= 0.3 is 0 Å². The zero-order chi connectivity index (χ0) is 26.3. The van der Waals surface area contributed by atoms with Crippen LogP contribution in [-0.4, -0.2) is 36.1 Å². The van der Waals surface area contributed by atoms with Gasteiger partial charge in [0.2, 0.25) is 11.9 Å². The lowest BCUT2D eigenvalue weighted by atomic mass is 10.2. The SMILES string of the molecule is [2H]C([2H])([2H])OCC([2H])([2H])Oc1ccc(Nc2ncc(F)c(Nc3cccc(NC(=O)C=C)c3)n2)cc1. The predicted octanol–water partition coefficient (Wildman–Crippen LogP) is 4.25. The van der Waals surface area contributed by atoms with Gasteiger partial charge in [0.05, 0.1) is 19.7 Å². The molecule has 0 aliphatic carbocycles. The van der Waals surface area contributed by atoms with Gasteiger partial charge in [-0.1, -0.05) is 12.6 Å². The molecule has 0 aliphatic heterocycles. The Balaban J connectivity index is 1.66. The smallest absolute Gasteiger partial charge is 0.247 e. The van der Waals surface area contributed by atoms with Crippen molar-refractivity contribution < 1.29 is 25.5 Å². The number of amides is 1. The van der Waals surface area contributed by atoms with E-state index in [1.165, 1.54) is 12.1 Å². The molecule has 0 bridgehead atoms. The number of carbonyl (C=O) groups excluding carboxylic acids is 1. The molecule has 3 N–H and O–H groups in total. The molecule has 160 valence electrons. The topological polar surface area (TPSA) is 97.4 Å². The van der Waals surface area contributed by atoms with Gasteiger partial charge in [0.1, 0.15) is 12.3 Å². The average molecular weight is 428 g/mol. The van der Waals surface area contributed by atoms with E-state index in [0.717, 1.165) is 12.3 Å². The van der Waals surface area contributed by atoms with Crippen molar-refractivity contribution in [2.75, 3.05) is 36.2 Å². The average Bonchev–Trinajstić information content (AvgIpc) is 2.81. The summed E-state index contributed by atoms with van der Waals surface area (Å²) in [4.78, 5) is 19.5. The van der Waals surface area contributed by atoms with E-state index in [4.69, 9.17) is 11.6 Å². The maximum atomic E-state index is 14.3. The van der Waals surface area contributed by atoms with E-state index in [-0.39, 0.29) is 23.4 Å². The molecule has 31 heavy (non-hydrogen) atoms. The van der Waals surface area contributed by atoms with Crippen LogP contribution in [0.1, 0.15) is 6.85 Å². The molecule has 0 aliphatic rings. The van der Waals surface area contributed by atoms with E-state index in [0.29, 0.717) is 17.1 Å². The Kier molecular flexibility index (Phi) is 5.45. The number of anilines is 5. The van der Waals surface area contributed by atoms with Crippen LogP contribution in [0, 0.1) is 5.82 Å². The molecule has 0 radical (unpaired) electrons. The number of halogens is 1. The molecule has 8 nitrogen and oxygen atoms in total. The van der Waals surface area contributed by atoms with Gasteiger partial charge in [-0.15, -0.1) is 0 Å². The van der Waals surface area contributed by atoms with Crippen molar-refractivity contribution in [2.45, 2.75) is 0 Å². The van der Waals surface area contributed by atoms with Crippen molar-refractivity contribution in [3.05, 3.63) is 73.2 Å². The number of carbonyl (C=O) groups is 1. The van der Waals surface area contributed by atoms with Gasteiger partial charge in [-0.2, -0.15) is 4.98 Å². The van der Waals surface area contributed by atoms with E-state index in [2.05, 4.69) is 37.2 Å². The molecule has 0 atom stereocenters. The molecule has 9 heteroatoms. The summed E-state index contributed by atoms with van der Waals surface area (Å²) in [7, 11) is -2.74. The molecule has 0 saturated heterocycles. The zero-order valence-electron chi connectivity index (χ0n) is 21.2. The van der Waals surface area contributed by atoms with E-state index >= 15 is 0 Å². The van der Waals surface area contributed by atoms with Gasteiger partial charge < -0.3 is 25.4 Å². The van der Waals surface area contributed by atoms with Crippen LogP contribution in [-0.2, 0) is 9.53 Å². The third-order valence-corrected chi connectivity index (χ3v) is 3.75. The Morgan fingerprint density at radius 1 is 1.23 bits per heavy atom. The quantitative estimate of drug-likeness (QED) is 0.415. The number of hydrogen-bond donors (Lipinski definition) is 3. The lowest BCUT2D eigenvalue weighted by Crippen LogP contribution is -2.07. The standard InChI is InChI=1S/C22H22FN5O3/c1-3-20(29)25-16-5-4-6-17(13-16)26-21-19(23)14-24-22(28-21)27-15-7-9-18(10-8-15)31-12-11-30-2/h3-10,13-14H,1,11-12H2,2H3,(H,25,29)(H2,24,26,27,28)/i2D3,12D2. The maximum absolute atomic E-state index is 14.3. The van der Waals surface area contributed by atoms with Gasteiger partial charge in [0, 0.05) is 24.1 Å². The summed E-state index contributed by atoms with van der Waals surface area (Å²) in [5.41, 5.74) is 1.45. The highest BCUT2D eigenvalue weighted by atomic mass is 19.1. The van der Waals surface area contributed by atoms with Gasteiger partial charge in [-0.3, -0.25) is 4.79 Å². The minimum atomic E-state index is -2.74. The minimum absolute atomic E-state index is 0.0742. The van der Waals surface area contributed by atoms with E-state index in [1.54, 1.807) is 36.4 Å². The fraction of sp³-hybridized carbons (Fsp3) is 0.136. The van der Waals surface area contributed by atoms with E-state index in [1.807, 2.05) is 0 Å². The Morgan fingerprint density at radius 2 is 2.03 bits per heavy atom. The summed E-state index contributed by atoms with van der Waals surface area (Å²) >= 11 is 0. The maximum Gasteiger partial charge on any atom is 0.247 e. The van der Waals surface area contributed by atoms with Crippen LogP contribution in [0.15, 0.2) is 67.4 Å². The van der Waals surface area contributed by atoms with Gasteiger partial charge in [-0.05, 0) is 48.5 Å². The summed E-state index contributed by atoms with van der Waals surface area (Å²) in [5.74, 6) is -0.993. The lowest BCUT2D eigenvalue weighted by molar-refractivity contribution is -0.111. The Bertz CT molecular complexity index is 1230. The van der Waals surface area contributed by atoms with Crippen LogP contribution in [0.3, 0.4) is 0 Å². The van der Waals surface area contributed by atoms with Crippen molar-refractivity contribution >= 4 is 34.7 Å². The minimum Gasteiger partial charge on any atom is -0.491 e. The summed E-state index contributed by atoms with van der Waals surface area (Å²) < 4.78 is 60.3. The lowest BCUT2D eigenvalue weighted by Gasteiger charge is -2.11. The number of nitrogens with zero attached hydrogens (tertiary/aromatic N) is 2. The highest BCUT2D eigenvalue weighted by molar-refractivity contribution is 5.99. The second kappa shape index (κ2) is 10.7. The van der Waals surface area contributed by atoms with Crippen LogP contribution in [0.25, 0.3) is 0 Å². The van der Waals surface area contributed by atoms with Crippen molar-refractivity contribution in [1.29, 1.82) is 0 Å². The van der Waals surface area contributed by atoms with Crippen molar-refractivity contribution in [2.24, 2.45) is 0 Å². The molecule has 0 unspecified atom stereocenters. The molecule has 1 aromatic heterocycles. The Hall–Kier alpha value is -3.98. The molecule has 3 aromatic rings. The summed E-state index contributed by atoms with van der Waals surface area (Å²) in [5, 5.41) is 8.33. The van der Waals surface area contributed by atoms with Crippen molar-refractivity contribution in [1.82, 2.24) is 9.97 Å². The largest absolute Gasteiger partial charge is 0.491 e. The van der Waals surface area contributed by atoms with Gasteiger partial charge in [0.15, 0.2) is 11.6 Å². The van der Waals surface area contributed by atoms with Gasteiger partial charge in [-0.25, -0.2) is 9.37 Å². The number of methoxy groups -OCH3 is 1. The fourth-order valence-corrected chi connectivity index (χ4v) is 2.40. The number of ether oxygens (including phenoxy) is 2. The first kappa shape index (κ1) is 15.8. The first-order valence-electron chi connectivity index (χ1n) is 11.5. The second-order valence-corrected chi connectivity index (χ2v) is 5.97. The van der Waals surface area contributed by atoms with Crippen LogP contribution in [0.5, 0.6) is 5.75 Å². The van der Waals surface area contributed by atoms with Crippen molar-refractivity contribution in [3.63, 3.8) is 0 Å². The predicted molar refractivity (Wildman–Crippen MR) is 118 cm³/mol. The molecule has 1 amide bonds. The number of rotatable bonds is 10.